The third kappa shape index (κ3) is 20.4. The Hall–Kier alpha value is -5.70. The van der Waals surface area contributed by atoms with E-state index >= 15 is 0 Å². The molecule has 63 heavy (non-hydrogen) atoms. The van der Waals surface area contributed by atoms with Gasteiger partial charge < -0.3 is 85.7 Å². The van der Waals surface area contributed by atoms with E-state index in [9.17, 15) is 63.6 Å². The largest absolute Gasteiger partial charge is 0.480 e. The van der Waals surface area contributed by atoms with Crippen molar-refractivity contribution in [2.24, 2.45) is 45.7 Å². The van der Waals surface area contributed by atoms with E-state index in [2.05, 4.69) is 31.6 Å². The van der Waals surface area contributed by atoms with Crippen LogP contribution in [0.5, 0.6) is 0 Å². The van der Waals surface area contributed by atoms with Crippen LogP contribution in [0.4, 0.5) is 0 Å². The summed E-state index contributed by atoms with van der Waals surface area (Å²) in [6, 6.07) is -11.2. The Kier molecular flexibility index (Phi) is 25.5. The van der Waals surface area contributed by atoms with E-state index in [4.69, 9.17) is 28.0 Å². The minimum Gasteiger partial charge on any atom is -0.480 e. The average molecular weight is 905 g/mol. The molecule has 0 saturated carbocycles. The predicted molar refractivity (Wildman–Crippen MR) is 224 cm³/mol. The highest BCUT2D eigenvalue weighted by Crippen LogP contribution is 2.13. The van der Waals surface area contributed by atoms with Gasteiger partial charge in [0.2, 0.25) is 47.3 Å². The highest BCUT2D eigenvalue weighted by molar-refractivity contribution is 5.98. The zero-order valence-electron chi connectivity index (χ0n) is 36.6. The number of aliphatic hydroxyl groups is 4. The number of amides is 8. The van der Waals surface area contributed by atoms with Crippen LogP contribution < -0.4 is 60.2 Å². The van der Waals surface area contributed by atoms with Gasteiger partial charge in [0, 0.05) is 6.54 Å². The maximum absolute atomic E-state index is 13.9. The molecule has 0 aromatic carbocycles. The zero-order chi connectivity index (χ0) is 48.9. The number of hydrogen-bond donors (Lipinski definition) is 16. The van der Waals surface area contributed by atoms with Gasteiger partial charge in [-0.3, -0.25) is 43.3 Å². The third-order valence-electron chi connectivity index (χ3n) is 9.55. The van der Waals surface area contributed by atoms with Crippen LogP contribution in [0.15, 0.2) is 4.99 Å². The second-order valence-electron chi connectivity index (χ2n) is 15.8. The molecule has 0 spiro atoms. The van der Waals surface area contributed by atoms with Gasteiger partial charge in [-0.25, -0.2) is 4.79 Å². The van der Waals surface area contributed by atoms with Gasteiger partial charge in [0.05, 0.1) is 25.4 Å². The summed E-state index contributed by atoms with van der Waals surface area (Å²) in [7, 11) is 0. The first kappa shape index (κ1) is 57.3. The molecule has 0 aliphatic carbocycles. The number of nitrogens with two attached hydrogens (primary N) is 4. The quantitative estimate of drug-likeness (QED) is 0.0188. The van der Waals surface area contributed by atoms with E-state index in [-0.39, 0.29) is 50.0 Å². The third-order valence-corrected chi connectivity index (χ3v) is 9.55. The summed E-state index contributed by atoms with van der Waals surface area (Å²) in [5, 5.41) is 65.1. The number of carbonyl (C=O) groups excluding carboxylic acids is 8. The van der Waals surface area contributed by atoms with Crippen LogP contribution in [0.1, 0.15) is 74.1 Å². The molecule has 0 aromatic heterocycles. The number of carboxylic acids is 1. The molecule has 0 aliphatic rings. The molecule has 0 bridgehead atoms. The monoisotopic (exact) mass is 904 g/mol. The lowest BCUT2D eigenvalue weighted by Crippen LogP contribution is -2.62. The van der Waals surface area contributed by atoms with E-state index in [0.29, 0.717) is 0 Å². The van der Waals surface area contributed by atoms with Crippen molar-refractivity contribution >= 4 is 59.2 Å². The summed E-state index contributed by atoms with van der Waals surface area (Å²) in [6.07, 6.45) is -4.77. The van der Waals surface area contributed by atoms with Crippen molar-refractivity contribution in [3.8, 4) is 0 Å². The first-order valence-electron chi connectivity index (χ1n) is 20.3. The molecule has 0 fully saturated rings. The molecular weight excluding hydrogens is 836 g/mol. The number of rotatable bonds is 29. The van der Waals surface area contributed by atoms with Crippen molar-refractivity contribution in [1.82, 2.24) is 37.2 Å². The van der Waals surface area contributed by atoms with E-state index in [1.54, 1.807) is 46.9 Å². The number of carboxylic acid groups (broad SMARTS) is 1. The van der Waals surface area contributed by atoms with Crippen LogP contribution in [-0.2, 0) is 43.2 Å². The number of hydrogen-bond acceptors (Lipinski definition) is 15. The SMILES string of the molecule is CC[C@H](C)C(NC(=O)[C@@H](CCCN=C(N)N)NC(=O)[C@H](CC(C)C)NC(=O)[C@@H](N)[C@H](O)C(C)C)C(=O)N[C@H](C(=O)NCC(=O)N[C@H](C(=O)N[C@@H](CO)C(=O)O)[C@H](O)C(N)=O)[C@H](C)O. The number of nitrogens with one attached hydrogen (secondary N) is 7. The Morgan fingerprint density at radius 2 is 1.17 bits per heavy atom. The lowest BCUT2D eigenvalue weighted by molar-refractivity contribution is -0.145. The smallest absolute Gasteiger partial charge is 0.328 e. The molecular formula is C37H68N12O14. The summed E-state index contributed by atoms with van der Waals surface area (Å²) in [5.74, 6) is -11.8. The number of carbonyl (C=O) groups is 9. The Morgan fingerprint density at radius 3 is 1.65 bits per heavy atom. The molecule has 11 atom stereocenters. The Labute approximate surface area is 364 Å². The molecule has 0 aliphatic heterocycles. The standard InChI is InChI=1S/C37H68N12O14/c1-8-17(6)24(34(60)49-25(18(7)51)33(59)43-13-22(52)47-26(28(54)29(39)55)35(61)46-21(14-50)36(62)63)48-30(56)19(10-9-11-42-37(40)41)44-31(57)20(12-15(2)3)45-32(58)23(38)27(53)16(4)5/h15-21,23-28,50-51,53-54H,8-14,38H2,1-7H3,(H2,39,55)(H,43,59)(H,44,57)(H,45,58)(H,46,61)(H,47,52)(H,48,56)(H,49,60)(H,62,63)(H4,40,41,42)/t17-,18-,19+,20-,21-,23-,24?,25-,26-,27+,28-/m0/s1. The van der Waals surface area contributed by atoms with Crippen LogP contribution in [0, 0.1) is 17.8 Å². The van der Waals surface area contributed by atoms with Gasteiger partial charge in [0.15, 0.2) is 12.1 Å². The molecule has 20 N–H and O–H groups in total. The normalized spacial score (nSPS) is 16.5. The first-order valence-corrected chi connectivity index (χ1v) is 20.3. The molecule has 360 valence electrons. The second-order valence-corrected chi connectivity index (χ2v) is 15.8. The molecule has 26 nitrogen and oxygen atoms in total. The van der Waals surface area contributed by atoms with E-state index in [0.717, 1.165) is 6.92 Å². The van der Waals surface area contributed by atoms with Crippen molar-refractivity contribution in [2.45, 2.75) is 135 Å². The lowest BCUT2D eigenvalue weighted by atomic mass is 9.96. The number of primary amides is 1. The fraction of sp³-hybridized carbons (Fsp3) is 0.730. The summed E-state index contributed by atoms with van der Waals surface area (Å²) < 4.78 is 0. The second kappa shape index (κ2) is 28.1. The van der Waals surface area contributed by atoms with Gasteiger partial charge >= 0.3 is 5.97 Å². The average Bonchev–Trinajstić information content (AvgIpc) is 3.20. The van der Waals surface area contributed by atoms with Crippen LogP contribution in [0.2, 0.25) is 0 Å². The van der Waals surface area contributed by atoms with Gasteiger partial charge in [0.1, 0.15) is 42.3 Å². The highest BCUT2D eigenvalue weighted by atomic mass is 16.4. The Morgan fingerprint density at radius 1 is 0.651 bits per heavy atom. The van der Waals surface area contributed by atoms with Crippen LogP contribution in [0.25, 0.3) is 0 Å². The molecule has 0 saturated heterocycles. The number of nitrogens with zero attached hydrogens (tertiary/aromatic N) is 1. The van der Waals surface area contributed by atoms with Crippen molar-refractivity contribution in [1.29, 1.82) is 0 Å². The van der Waals surface area contributed by atoms with E-state index in [1.807, 2.05) is 5.32 Å². The van der Waals surface area contributed by atoms with Crippen molar-refractivity contribution in [3.05, 3.63) is 0 Å². The minimum absolute atomic E-state index is 0.0447. The number of aliphatic imine (C=N–C) groups is 1. The summed E-state index contributed by atoms with van der Waals surface area (Å²) in [4.78, 5) is 120. The van der Waals surface area contributed by atoms with Gasteiger partial charge in [-0.1, -0.05) is 48.0 Å². The summed E-state index contributed by atoms with van der Waals surface area (Å²) >= 11 is 0. The van der Waals surface area contributed by atoms with Crippen LogP contribution in [0.3, 0.4) is 0 Å². The van der Waals surface area contributed by atoms with Gasteiger partial charge in [-0.05, 0) is 43.9 Å². The molecule has 0 radical (unpaired) electrons. The highest BCUT2D eigenvalue weighted by Gasteiger charge is 2.37. The van der Waals surface area contributed by atoms with Crippen LogP contribution >= 0.6 is 0 Å². The summed E-state index contributed by atoms with van der Waals surface area (Å²) in [5.41, 5.74) is 21.8. The number of aliphatic carboxylic acids is 1. The van der Waals surface area contributed by atoms with Crippen molar-refractivity contribution in [3.63, 3.8) is 0 Å². The minimum atomic E-state index is -2.39. The Balaban J connectivity index is 6.32. The summed E-state index contributed by atoms with van der Waals surface area (Å²) in [6.45, 7) is 9.24. The maximum Gasteiger partial charge on any atom is 0.328 e. The maximum atomic E-state index is 13.9. The van der Waals surface area contributed by atoms with E-state index < -0.39 is 133 Å². The number of aliphatic hydroxyl groups excluding tert-OH is 4. The molecule has 0 rings (SSSR count). The molecule has 0 heterocycles. The van der Waals surface area contributed by atoms with Crippen LogP contribution in [-0.4, -0.2) is 165 Å². The lowest BCUT2D eigenvalue weighted by Gasteiger charge is -2.30. The number of guanidine groups is 1. The van der Waals surface area contributed by atoms with Gasteiger partial charge in [-0.15, -0.1) is 0 Å². The predicted octanol–water partition coefficient (Wildman–Crippen LogP) is -7.19. The Bertz CT molecular complexity index is 1610. The molecule has 8 amide bonds. The van der Waals surface area contributed by atoms with Crippen molar-refractivity contribution in [2.75, 3.05) is 19.7 Å². The zero-order valence-corrected chi connectivity index (χ0v) is 36.6. The fourth-order valence-electron chi connectivity index (χ4n) is 5.59. The topological polar surface area (TPSA) is 455 Å². The van der Waals surface area contributed by atoms with E-state index in [1.165, 1.54) is 0 Å². The first-order chi connectivity index (χ1) is 29.2. The molecule has 26 heteroatoms. The fourth-order valence-corrected chi connectivity index (χ4v) is 5.59. The molecule has 0 aromatic rings. The van der Waals surface area contributed by atoms with Crippen molar-refractivity contribution < 1.29 is 68.7 Å². The molecule has 1 unspecified atom stereocenters. The van der Waals surface area contributed by atoms with Gasteiger partial charge in [-0.2, -0.15) is 0 Å². The van der Waals surface area contributed by atoms with Gasteiger partial charge in [0.25, 0.3) is 0 Å².